The van der Waals surface area contributed by atoms with Crippen molar-refractivity contribution >= 4 is 71.5 Å². The number of hydrogen-bond donors (Lipinski definition) is 3. The van der Waals surface area contributed by atoms with Crippen LogP contribution < -0.4 is 10.6 Å². The molecule has 3 N–H and O–H groups in total. The van der Waals surface area contributed by atoms with Gasteiger partial charge in [-0.15, -0.1) is 0 Å². The third-order valence-corrected chi connectivity index (χ3v) is 8.68. The highest BCUT2D eigenvalue weighted by atomic mass is 79.9. The normalized spacial score (nSPS) is 21.5. The van der Waals surface area contributed by atoms with Gasteiger partial charge >= 0.3 is 0 Å². The molecule has 0 amide bonds. The highest BCUT2D eigenvalue weighted by molar-refractivity contribution is 9.13. The number of nitrogens with zero attached hydrogens (tertiary/aromatic N) is 1. The maximum atomic E-state index is 5.56. The summed E-state index contributed by atoms with van der Waals surface area (Å²) in [5.41, 5.74) is 4.57. The summed E-state index contributed by atoms with van der Waals surface area (Å²) in [6.07, 6.45) is 7.47. The van der Waals surface area contributed by atoms with Crippen molar-refractivity contribution in [3.8, 4) is 0 Å². The van der Waals surface area contributed by atoms with Crippen LogP contribution in [0.5, 0.6) is 0 Å². The summed E-state index contributed by atoms with van der Waals surface area (Å²) in [5.74, 6) is 0.635. The number of thiocarbonyl (C=S) groups is 1. The Morgan fingerprint density at radius 3 is 2.90 bits per heavy atom. The lowest BCUT2D eigenvalue weighted by molar-refractivity contribution is 0.181. The molecular formula is C23H24Br2N4S. The zero-order valence-electron chi connectivity index (χ0n) is 16.6. The molecule has 2 fully saturated rings. The molecular weight excluding hydrogens is 524 g/mol. The third-order valence-electron chi connectivity index (χ3n) is 6.43. The van der Waals surface area contributed by atoms with Crippen LogP contribution in [0.2, 0.25) is 0 Å². The first-order chi connectivity index (χ1) is 14.6. The molecule has 2 atom stereocenters. The Morgan fingerprint density at radius 2 is 2.00 bits per heavy atom. The third kappa shape index (κ3) is 4.05. The number of nitrogens with one attached hydrogen (secondary N) is 3. The van der Waals surface area contributed by atoms with Crippen molar-refractivity contribution in [1.29, 1.82) is 0 Å². The van der Waals surface area contributed by atoms with Gasteiger partial charge in [0, 0.05) is 33.3 Å². The van der Waals surface area contributed by atoms with Crippen molar-refractivity contribution in [3.05, 3.63) is 57.1 Å². The van der Waals surface area contributed by atoms with Crippen LogP contribution >= 0.6 is 44.1 Å². The van der Waals surface area contributed by atoms with E-state index in [0.29, 0.717) is 11.0 Å². The second kappa shape index (κ2) is 8.61. The number of fused-ring (bicyclic) bond motifs is 2. The van der Waals surface area contributed by atoms with Gasteiger partial charge in [-0.3, -0.25) is 0 Å². The molecule has 3 heterocycles. The minimum atomic E-state index is 0.574. The molecule has 2 aliphatic rings. The van der Waals surface area contributed by atoms with E-state index in [2.05, 4.69) is 76.8 Å². The number of piperidine rings is 1. The molecule has 3 aromatic rings. The van der Waals surface area contributed by atoms with Gasteiger partial charge < -0.3 is 20.5 Å². The van der Waals surface area contributed by atoms with E-state index in [1.165, 1.54) is 55.2 Å². The van der Waals surface area contributed by atoms with Crippen molar-refractivity contribution in [2.45, 2.75) is 37.6 Å². The Bertz CT molecular complexity index is 1100. The predicted octanol–water partition coefficient (Wildman–Crippen LogP) is 6.84. The smallest absolute Gasteiger partial charge is 0.175 e. The zero-order valence-corrected chi connectivity index (χ0v) is 20.5. The number of rotatable bonds is 3. The van der Waals surface area contributed by atoms with Gasteiger partial charge in [-0.05, 0) is 125 Å². The standard InChI is InChI=1S/C23H24Br2N4S/c24-19-4-1-5-21(22(19)25)28-23(30)27-15-6-7-20-17(12-15)18(13-26-20)14-8-10-29-9-2-3-16(29)11-14/h1,4-7,12-14,16,26H,2-3,8-11H2,(H2,27,28,30). The lowest BCUT2D eigenvalue weighted by atomic mass is 9.85. The maximum Gasteiger partial charge on any atom is 0.175 e. The minimum Gasteiger partial charge on any atom is -0.361 e. The number of H-pyrrole nitrogens is 1. The average molecular weight is 548 g/mol. The Labute approximate surface area is 199 Å². The van der Waals surface area contributed by atoms with E-state index in [1.807, 2.05) is 18.2 Å². The van der Waals surface area contributed by atoms with Crippen molar-refractivity contribution in [1.82, 2.24) is 9.88 Å². The second-order valence-corrected chi connectivity index (χ2v) is 10.3. The molecule has 5 rings (SSSR count). The van der Waals surface area contributed by atoms with Gasteiger partial charge in [0.1, 0.15) is 0 Å². The molecule has 30 heavy (non-hydrogen) atoms. The summed E-state index contributed by atoms with van der Waals surface area (Å²) in [4.78, 5) is 6.16. The summed E-state index contributed by atoms with van der Waals surface area (Å²) in [6, 6.07) is 13.2. The fraction of sp³-hybridized carbons (Fsp3) is 0.348. The topological polar surface area (TPSA) is 43.1 Å². The van der Waals surface area contributed by atoms with E-state index in [9.17, 15) is 0 Å². The molecule has 2 aliphatic heterocycles. The Hall–Kier alpha value is -1.41. The van der Waals surface area contributed by atoms with E-state index in [4.69, 9.17) is 12.2 Å². The molecule has 0 bridgehead atoms. The first-order valence-corrected chi connectivity index (χ1v) is 12.4. The average Bonchev–Trinajstić information content (AvgIpc) is 3.37. The van der Waals surface area contributed by atoms with Crippen LogP contribution in [0.15, 0.2) is 51.5 Å². The number of aromatic amines is 1. The second-order valence-electron chi connectivity index (χ2n) is 8.24. The fourth-order valence-corrected chi connectivity index (χ4v) is 5.91. The van der Waals surface area contributed by atoms with Gasteiger partial charge in [-0.25, -0.2) is 0 Å². The molecule has 0 spiro atoms. The fourth-order valence-electron chi connectivity index (χ4n) is 4.95. The number of benzene rings is 2. The zero-order chi connectivity index (χ0) is 20.7. The van der Waals surface area contributed by atoms with E-state index in [1.54, 1.807) is 0 Å². The Balaban J connectivity index is 1.34. The summed E-state index contributed by atoms with van der Waals surface area (Å²) in [6.45, 7) is 2.52. The van der Waals surface area contributed by atoms with Crippen LogP contribution in [-0.4, -0.2) is 34.1 Å². The van der Waals surface area contributed by atoms with Crippen LogP contribution in [-0.2, 0) is 0 Å². The number of aromatic nitrogens is 1. The first kappa shape index (κ1) is 20.5. The highest BCUT2D eigenvalue weighted by Crippen LogP contribution is 2.39. The van der Waals surface area contributed by atoms with Gasteiger partial charge in [0.25, 0.3) is 0 Å². The number of anilines is 2. The molecule has 1 aromatic heterocycles. The van der Waals surface area contributed by atoms with E-state index < -0.39 is 0 Å². The summed E-state index contributed by atoms with van der Waals surface area (Å²) >= 11 is 12.7. The lowest BCUT2D eigenvalue weighted by Crippen LogP contribution is -2.37. The minimum absolute atomic E-state index is 0.574. The largest absolute Gasteiger partial charge is 0.361 e. The van der Waals surface area contributed by atoms with Crippen LogP contribution in [0.3, 0.4) is 0 Å². The molecule has 0 saturated carbocycles. The first-order valence-electron chi connectivity index (χ1n) is 10.5. The maximum absolute atomic E-state index is 5.56. The monoisotopic (exact) mass is 546 g/mol. The Morgan fingerprint density at radius 1 is 1.10 bits per heavy atom. The molecule has 156 valence electrons. The predicted molar refractivity (Wildman–Crippen MR) is 137 cm³/mol. The van der Waals surface area contributed by atoms with E-state index >= 15 is 0 Å². The lowest BCUT2D eigenvalue weighted by Gasteiger charge is -2.34. The molecule has 0 radical (unpaired) electrons. The Kier molecular flexibility index (Phi) is 5.88. The van der Waals surface area contributed by atoms with Crippen molar-refractivity contribution in [2.24, 2.45) is 0 Å². The molecule has 0 aliphatic carbocycles. The van der Waals surface area contributed by atoms with Crippen molar-refractivity contribution < 1.29 is 0 Å². The van der Waals surface area contributed by atoms with E-state index in [0.717, 1.165) is 26.4 Å². The van der Waals surface area contributed by atoms with Crippen LogP contribution in [0.25, 0.3) is 10.9 Å². The summed E-state index contributed by atoms with van der Waals surface area (Å²) < 4.78 is 1.94. The van der Waals surface area contributed by atoms with Gasteiger partial charge in [0.15, 0.2) is 5.11 Å². The van der Waals surface area contributed by atoms with E-state index in [-0.39, 0.29) is 0 Å². The summed E-state index contributed by atoms with van der Waals surface area (Å²) in [7, 11) is 0. The molecule has 2 saturated heterocycles. The molecule has 2 unspecified atom stereocenters. The summed E-state index contributed by atoms with van der Waals surface area (Å²) in [5, 5.41) is 8.50. The van der Waals surface area contributed by atoms with Crippen molar-refractivity contribution in [2.75, 3.05) is 23.7 Å². The van der Waals surface area contributed by atoms with Crippen LogP contribution in [0.1, 0.15) is 37.2 Å². The van der Waals surface area contributed by atoms with Gasteiger partial charge in [-0.2, -0.15) is 0 Å². The SMILES string of the molecule is S=C(Nc1ccc2[nH]cc(C3CCN4CCCC4C3)c2c1)Nc1cccc(Br)c1Br. The molecule has 7 heteroatoms. The highest BCUT2D eigenvalue weighted by Gasteiger charge is 2.33. The molecule has 2 aromatic carbocycles. The van der Waals surface area contributed by atoms with Gasteiger partial charge in [0.05, 0.1) is 10.2 Å². The van der Waals surface area contributed by atoms with Crippen LogP contribution in [0, 0.1) is 0 Å². The van der Waals surface area contributed by atoms with Crippen LogP contribution in [0.4, 0.5) is 11.4 Å². The molecule has 4 nitrogen and oxygen atoms in total. The quantitative estimate of drug-likeness (QED) is 0.314. The number of hydrogen-bond acceptors (Lipinski definition) is 2. The van der Waals surface area contributed by atoms with Gasteiger partial charge in [-0.1, -0.05) is 6.07 Å². The van der Waals surface area contributed by atoms with Crippen molar-refractivity contribution in [3.63, 3.8) is 0 Å². The van der Waals surface area contributed by atoms with Gasteiger partial charge in [0.2, 0.25) is 0 Å². The number of halogens is 2.